The molecule has 0 saturated carbocycles. The van der Waals surface area contributed by atoms with Crippen molar-refractivity contribution in [1.29, 1.82) is 0 Å². The van der Waals surface area contributed by atoms with Gasteiger partial charge in [-0.05, 0) is 23.8 Å². The number of hydrogen-bond donors (Lipinski definition) is 2. The minimum absolute atomic E-state index is 0.179. The molecule has 5 heteroatoms. The second kappa shape index (κ2) is 5.79. The van der Waals surface area contributed by atoms with E-state index in [1.54, 1.807) is 12.4 Å². The second-order valence-corrected chi connectivity index (χ2v) is 6.73. The monoisotopic (exact) mass is 355 g/mol. The number of benzene rings is 3. The van der Waals surface area contributed by atoms with Crippen LogP contribution in [0.25, 0.3) is 11.0 Å². The van der Waals surface area contributed by atoms with E-state index in [0.717, 1.165) is 16.6 Å². The van der Waals surface area contributed by atoms with Crippen molar-refractivity contribution in [3.05, 3.63) is 101 Å². The number of hydrogen-bond acceptors (Lipinski definition) is 3. The molecular weight excluding hydrogens is 338 g/mol. The Balaban J connectivity index is 1.70. The second-order valence-electron chi connectivity index (χ2n) is 6.73. The minimum Gasteiger partial charge on any atom is -0.363 e. The van der Waals surface area contributed by atoms with E-state index >= 15 is 0 Å². The van der Waals surface area contributed by atoms with Crippen molar-refractivity contribution >= 4 is 16.9 Å². The zero-order valence-corrected chi connectivity index (χ0v) is 14.5. The summed E-state index contributed by atoms with van der Waals surface area (Å²) in [5.74, 6) is -0.179. The highest BCUT2D eigenvalue weighted by Crippen LogP contribution is 2.43. The van der Waals surface area contributed by atoms with Gasteiger partial charge in [0.25, 0.3) is 5.91 Å². The van der Waals surface area contributed by atoms with Gasteiger partial charge in [-0.1, -0.05) is 54.6 Å². The van der Waals surface area contributed by atoms with Crippen molar-refractivity contribution in [1.82, 2.24) is 14.9 Å². The lowest BCUT2D eigenvalue weighted by molar-refractivity contribution is -0.0542. The number of carbonyl (C=O) groups excluding carboxylic acids is 1. The molecule has 0 fully saturated rings. The van der Waals surface area contributed by atoms with E-state index in [4.69, 9.17) is 0 Å². The summed E-state index contributed by atoms with van der Waals surface area (Å²) in [5, 5.41) is 11.9. The van der Waals surface area contributed by atoms with E-state index < -0.39 is 5.72 Å². The third kappa shape index (κ3) is 2.29. The molecule has 2 N–H and O–H groups in total. The molecule has 3 aromatic carbocycles. The van der Waals surface area contributed by atoms with Crippen LogP contribution >= 0.6 is 0 Å². The molecule has 4 aromatic rings. The van der Waals surface area contributed by atoms with Gasteiger partial charge in [-0.25, -0.2) is 4.98 Å². The number of aliphatic hydroxyl groups is 1. The Morgan fingerprint density at radius 1 is 1.00 bits per heavy atom. The fourth-order valence-electron chi connectivity index (χ4n) is 3.83. The molecule has 1 unspecified atom stereocenters. The van der Waals surface area contributed by atoms with Crippen LogP contribution < -0.4 is 0 Å². The third-order valence-electron chi connectivity index (χ3n) is 5.18. The van der Waals surface area contributed by atoms with Gasteiger partial charge in [0.05, 0.1) is 17.4 Å². The number of aromatic nitrogens is 2. The Morgan fingerprint density at radius 3 is 2.63 bits per heavy atom. The molecule has 132 valence electrons. The molecule has 1 atom stereocenters. The van der Waals surface area contributed by atoms with Crippen LogP contribution in [-0.2, 0) is 12.3 Å². The van der Waals surface area contributed by atoms with Crippen molar-refractivity contribution in [2.75, 3.05) is 0 Å². The molecule has 0 aliphatic carbocycles. The normalized spacial score (nSPS) is 18.9. The van der Waals surface area contributed by atoms with Crippen molar-refractivity contribution in [2.45, 2.75) is 12.3 Å². The molecular formula is C22H17N3O2. The molecule has 27 heavy (non-hydrogen) atoms. The average Bonchev–Trinajstić information content (AvgIpc) is 3.27. The highest BCUT2D eigenvalue weighted by molar-refractivity contribution is 6.00. The molecule has 5 nitrogen and oxygen atoms in total. The quantitative estimate of drug-likeness (QED) is 0.592. The number of fused-ring (bicyclic) bond motifs is 2. The Labute approximate surface area is 155 Å². The average molecular weight is 355 g/mol. The van der Waals surface area contributed by atoms with Crippen LogP contribution in [0.5, 0.6) is 0 Å². The zero-order valence-electron chi connectivity index (χ0n) is 14.5. The number of carbonyl (C=O) groups is 1. The summed E-state index contributed by atoms with van der Waals surface area (Å²) in [6.45, 7) is 0.311. The number of rotatable bonds is 3. The molecule has 1 aliphatic rings. The molecule has 0 radical (unpaired) electrons. The fourth-order valence-corrected chi connectivity index (χ4v) is 3.83. The maximum Gasteiger partial charge on any atom is 0.257 e. The molecule has 0 saturated heterocycles. The van der Waals surface area contributed by atoms with Crippen LogP contribution in [-0.4, -0.2) is 25.9 Å². The lowest BCUT2D eigenvalue weighted by Gasteiger charge is -2.35. The summed E-state index contributed by atoms with van der Waals surface area (Å²) in [6, 6.07) is 22.5. The molecule has 1 amide bonds. The summed E-state index contributed by atoms with van der Waals surface area (Å²) in [7, 11) is 0. The molecule has 1 aromatic heterocycles. The lowest BCUT2D eigenvalue weighted by Crippen LogP contribution is -2.44. The van der Waals surface area contributed by atoms with E-state index in [1.165, 1.54) is 4.90 Å². The minimum atomic E-state index is -1.54. The summed E-state index contributed by atoms with van der Waals surface area (Å²) in [6.07, 6.45) is 1.62. The van der Waals surface area contributed by atoms with E-state index in [-0.39, 0.29) is 5.91 Å². The number of nitrogens with one attached hydrogen (secondary N) is 1. The molecule has 1 aliphatic heterocycles. The van der Waals surface area contributed by atoms with Crippen LogP contribution in [0.15, 0.2) is 79.1 Å². The Morgan fingerprint density at radius 2 is 1.78 bits per heavy atom. The number of nitrogens with zero attached hydrogens (tertiary/aromatic N) is 2. The summed E-state index contributed by atoms with van der Waals surface area (Å²) in [4.78, 5) is 22.0. The van der Waals surface area contributed by atoms with E-state index in [1.807, 2.05) is 66.7 Å². The predicted octanol–water partition coefficient (Wildman–Crippen LogP) is 3.41. The summed E-state index contributed by atoms with van der Waals surface area (Å²) >= 11 is 0. The van der Waals surface area contributed by atoms with Gasteiger partial charge in [0, 0.05) is 23.2 Å². The highest BCUT2D eigenvalue weighted by Gasteiger charge is 2.49. The number of aromatic amines is 1. The zero-order chi connectivity index (χ0) is 18.4. The van der Waals surface area contributed by atoms with Gasteiger partial charge in [0.1, 0.15) is 0 Å². The first-order valence-corrected chi connectivity index (χ1v) is 8.79. The van der Waals surface area contributed by atoms with Crippen LogP contribution in [0.2, 0.25) is 0 Å². The van der Waals surface area contributed by atoms with Crippen molar-refractivity contribution in [3.8, 4) is 0 Å². The Kier molecular flexibility index (Phi) is 3.39. The first-order chi connectivity index (χ1) is 13.2. The van der Waals surface area contributed by atoms with E-state index in [2.05, 4.69) is 9.97 Å². The van der Waals surface area contributed by atoms with Crippen molar-refractivity contribution in [2.24, 2.45) is 0 Å². The molecule has 5 rings (SSSR count). The van der Waals surface area contributed by atoms with Gasteiger partial charge in [0.2, 0.25) is 0 Å². The summed E-state index contributed by atoms with van der Waals surface area (Å²) in [5.41, 5.74) is 2.81. The van der Waals surface area contributed by atoms with Gasteiger partial charge in [0.15, 0.2) is 5.72 Å². The van der Waals surface area contributed by atoms with Gasteiger partial charge in [-0.3, -0.25) is 9.69 Å². The van der Waals surface area contributed by atoms with Crippen molar-refractivity contribution in [3.63, 3.8) is 0 Å². The van der Waals surface area contributed by atoms with Gasteiger partial charge in [-0.2, -0.15) is 0 Å². The standard InChI is InChI=1S/C22H17N3O2/c26-21-17-8-4-5-9-18(17)22(27,25(21)13-15-6-2-1-3-7-15)16-10-11-19-20(12-16)24-14-23-19/h1-12,14,27H,13H2,(H,23,24). The van der Waals surface area contributed by atoms with Crippen LogP contribution in [0.1, 0.15) is 27.0 Å². The topological polar surface area (TPSA) is 69.2 Å². The maximum absolute atomic E-state index is 13.1. The fraction of sp³-hybridized carbons (Fsp3) is 0.0909. The highest BCUT2D eigenvalue weighted by atomic mass is 16.3. The number of imidazole rings is 1. The Bertz CT molecular complexity index is 1150. The number of amides is 1. The van der Waals surface area contributed by atoms with Crippen LogP contribution in [0.3, 0.4) is 0 Å². The predicted molar refractivity (Wildman–Crippen MR) is 102 cm³/mol. The first kappa shape index (κ1) is 15.8. The lowest BCUT2D eigenvalue weighted by atomic mass is 9.93. The third-order valence-corrected chi connectivity index (χ3v) is 5.18. The van der Waals surface area contributed by atoms with Crippen LogP contribution in [0, 0.1) is 0 Å². The smallest absolute Gasteiger partial charge is 0.257 e. The van der Waals surface area contributed by atoms with Gasteiger partial charge in [-0.15, -0.1) is 0 Å². The van der Waals surface area contributed by atoms with Crippen LogP contribution in [0.4, 0.5) is 0 Å². The van der Waals surface area contributed by atoms with E-state index in [9.17, 15) is 9.90 Å². The van der Waals surface area contributed by atoms with Gasteiger partial charge >= 0.3 is 0 Å². The molecule has 2 heterocycles. The SMILES string of the molecule is O=C1c2ccccc2C(O)(c2ccc3nc[nH]c3c2)N1Cc1ccccc1. The largest absolute Gasteiger partial charge is 0.363 e. The Hall–Kier alpha value is -3.44. The van der Waals surface area contributed by atoms with Crippen molar-refractivity contribution < 1.29 is 9.90 Å². The molecule has 0 spiro atoms. The molecule has 0 bridgehead atoms. The van der Waals surface area contributed by atoms with Gasteiger partial charge < -0.3 is 10.1 Å². The number of H-pyrrole nitrogens is 1. The van der Waals surface area contributed by atoms with E-state index in [0.29, 0.717) is 23.2 Å². The maximum atomic E-state index is 13.1. The summed E-state index contributed by atoms with van der Waals surface area (Å²) < 4.78 is 0. The first-order valence-electron chi connectivity index (χ1n) is 8.79.